The van der Waals surface area contributed by atoms with Crippen LogP contribution in [0.1, 0.15) is 27.7 Å². The highest BCUT2D eigenvalue weighted by molar-refractivity contribution is 5.83. The fraction of sp³-hybridized carbons (Fsp3) is 0.636. The van der Waals surface area contributed by atoms with Gasteiger partial charge < -0.3 is 14.8 Å². The molecule has 0 rings (SSSR count). The van der Waals surface area contributed by atoms with E-state index in [4.69, 9.17) is 4.74 Å². The first-order chi connectivity index (χ1) is 7.30. The molecule has 0 bridgehead atoms. The first-order valence-corrected chi connectivity index (χ1v) is 5.00. The van der Waals surface area contributed by atoms with Crippen LogP contribution >= 0.6 is 0 Å². The predicted molar refractivity (Wildman–Crippen MR) is 60.0 cm³/mol. The normalized spacial score (nSPS) is 13.3. The van der Waals surface area contributed by atoms with Crippen LogP contribution in [0, 0.1) is 0 Å². The number of nitrogens with one attached hydrogen (secondary N) is 1. The molecule has 1 unspecified atom stereocenters. The van der Waals surface area contributed by atoms with E-state index in [0.29, 0.717) is 0 Å². The van der Waals surface area contributed by atoms with Gasteiger partial charge in [0.2, 0.25) is 0 Å². The van der Waals surface area contributed by atoms with Crippen LogP contribution in [0.4, 0.5) is 4.79 Å². The lowest BCUT2D eigenvalue weighted by atomic mass is 10.2. The van der Waals surface area contributed by atoms with Crippen LogP contribution in [0.15, 0.2) is 12.2 Å². The number of esters is 1. The summed E-state index contributed by atoms with van der Waals surface area (Å²) in [5.74, 6) is -0.538. The van der Waals surface area contributed by atoms with Gasteiger partial charge in [-0.05, 0) is 27.7 Å². The number of alkyl carbamates (subject to hydrolysis) is 1. The van der Waals surface area contributed by atoms with Gasteiger partial charge in [-0.15, -0.1) is 0 Å². The van der Waals surface area contributed by atoms with E-state index in [-0.39, 0.29) is 0 Å². The highest BCUT2D eigenvalue weighted by Gasteiger charge is 2.22. The molecule has 0 aromatic heterocycles. The number of carbonyl (C=O) groups excluding carboxylic acids is 2. The van der Waals surface area contributed by atoms with Crippen molar-refractivity contribution in [2.24, 2.45) is 0 Å². The van der Waals surface area contributed by atoms with Crippen LogP contribution in [0.25, 0.3) is 0 Å². The van der Waals surface area contributed by atoms with E-state index in [2.05, 4.69) is 10.1 Å². The van der Waals surface area contributed by atoms with Gasteiger partial charge in [-0.2, -0.15) is 0 Å². The number of carbonyl (C=O) groups is 2. The molecule has 0 heterocycles. The summed E-state index contributed by atoms with van der Waals surface area (Å²) >= 11 is 0. The largest absolute Gasteiger partial charge is 0.467 e. The van der Waals surface area contributed by atoms with E-state index in [9.17, 15) is 9.59 Å². The number of methoxy groups -OCH3 is 1. The zero-order valence-electron chi connectivity index (χ0n) is 10.4. The molecule has 16 heavy (non-hydrogen) atoms. The third-order valence-electron chi connectivity index (χ3n) is 1.51. The molecule has 0 aliphatic heterocycles. The molecule has 0 aliphatic carbocycles. The molecule has 1 atom stereocenters. The lowest BCUT2D eigenvalue weighted by Gasteiger charge is -2.21. The summed E-state index contributed by atoms with van der Waals surface area (Å²) in [5, 5.41) is 2.40. The second kappa shape index (κ2) is 6.15. The number of hydrogen-bond donors (Lipinski definition) is 1. The van der Waals surface area contributed by atoms with Gasteiger partial charge in [-0.1, -0.05) is 12.2 Å². The molecule has 0 aliphatic rings. The molecule has 0 aromatic rings. The van der Waals surface area contributed by atoms with Crippen LogP contribution in [0.5, 0.6) is 0 Å². The zero-order valence-corrected chi connectivity index (χ0v) is 10.4. The van der Waals surface area contributed by atoms with Gasteiger partial charge in [-0.25, -0.2) is 9.59 Å². The summed E-state index contributed by atoms with van der Waals surface area (Å²) < 4.78 is 9.55. The molecule has 0 aromatic carbocycles. The van der Waals surface area contributed by atoms with Crippen molar-refractivity contribution in [3.05, 3.63) is 12.2 Å². The number of ether oxygens (including phenoxy) is 2. The van der Waals surface area contributed by atoms with Crippen molar-refractivity contribution in [2.45, 2.75) is 39.3 Å². The fourth-order valence-electron chi connectivity index (χ4n) is 0.940. The SMILES string of the molecule is C/C=C/C(NC(=O)OC(C)(C)C)C(=O)OC. The number of rotatable bonds is 3. The lowest BCUT2D eigenvalue weighted by molar-refractivity contribution is -0.141. The van der Waals surface area contributed by atoms with Crippen molar-refractivity contribution >= 4 is 12.1 Å². The molecule has 5 heteroatoms. The topological polar surface area (TPSA) is 64.6 Å². The van der Waals surface area contributed by atoms with Crippen molar-refractivity contribution < 1.29 is 19.1 Å². The molecule has 0 saturated carbocycles. The minimum Gasteiger partial charge on any atom is -0.467 e. The quantitative estimate of drug-likeness (QED) is 0.590. The van der Waals surface area contributed by atoms with Crippen LogP contribution in [0.2, 0.25) is 0 Å². The van der Waals surface area contributed by atoms with Crippen LogP contribution in [-0.4, -0.2) is 30.8 Å². The van der Waals surface area contributed by atoms with Crippen LogP contribution in [-0.2, 0) is 14.3 Å². The summed E-state index contributed by atoms with van der Waals surface area (Å²) in [4.78, 5) is 22.6. The van der Waals surface area contributed by atoms with E-state index >= 15 is 0 Å². The summed E-state index contributed by atoms with van der Waals surface area (Å²) in [6, 6.07) is -0.815. The average molecular weight is 229 g/mol. The Morgan fingerprint density at radius 2 is 1.88 bits per heavy atom. The molecule has 0 spiro atoms. The lowest BCUT2D eigenvalue weighted by Crippen LogP contribution is -2.42. The number of amides is 1. The summed E-state index contributed by atoms with van der Waals surface area (Å²) in [7, 11) is 1.26. The van der Waals surface area contributed by atoms with E-state index in [1.165, 1.54) is 13.2 Å². The van der Waals surface area contributed by atoms with Crippen molar-refractivity contribution in [3.63, 3.8) is 0 Å². The highest BCUT2D eigenvalue weighted by atomic mass is 16.6. The molecule has 0 radical (unpaired) electrons. The van der Waals surface area contributed by atoms with Gasteiger partial charge >= 0.3 is 12.1 Å². The Morgan fingerprint density at radius 1 is 1.31 bits per heavy atom. The van der Waals surface area contributed by atoms with Gasteiger partial charge in [0.05, 0.1) is 7.11 Å². The minimum absolute atomic E-state index is 0.538. The molecule has 1 amide bonds. The van der Waals surface area contributed by atoms with Crippen LogP contribution in [0.3, 0.4) is 0 Å². The third kappa shape index (κ3) is 6.06. The predicted octanol–water partition coefficient (Wildman–Crippen LogP) is 1.63. The zero-order chi connectivity index (χ0) is 12.8. The van der Waals surface area contributed by atoms with Gasteiger partial charge in [-0.3, -0.25) is 0 Å². The standard InChI is InChI=1S/C11H19NO4/c1-6-7-8(9(13)15-5)12-10(14)16-11(2,3)4/h6-8H,1-5H3,(H,12,14)/b7-6+. The number of hydrogen-bond acceptors (Lipinski definition) is 4. The molecule has 5 nitrogen and oxygen atoms in total. The minimum atomic E-state index is -0.815. The Morgan fingerprint density at radius 3 is 2.25 bits per heavy atom. The Balaban J connectivity index is 4.41. The summed E-state index contributed by atoms with van der Waals surface area (Å²) in [5.41, 5.74) is -0.597. The maximum Gasteiger partial charge on any atom is 0.408 e. The van der Waals surface area contributed by atoms with Crippen molar-refractivity contribution in [3.8, 4) is 0 Å². The maximum atomic E-state index is 11.4. The van der Waals surface area contributed by atoms with Crippen LogP contribution < -0.4 is 5.32 Å². The van der Waals surface area contributed by atoms with Gasteiger partial charge in [0.15, 0.2) is 0 Å². The maximum absolute atomic E-state index is 11.4. The summed E-state index contributed by atoms with van der Waals surface area (Å²) in [6.07, 6.45) is 2.52. The second-order valence-electron chi connectivity index (χ2n) is 4.17. The van der Waals surface area contributed by atoms with Gasteiger partial charge in [0.1, 0.15) is 11.6 Å². The van der Waals surface area contributed by atoms with E-state index < -0.39 is 23.7 Å². The van der Waals surface area contributed by atoms with Crippen molar-refractivity contribution in [2.75, 3.05) is 7.11 Å². The molecular formula is C11H19NO4. The third-order valence-corrected chi connectivity index (χ3v) is 1.51. The van der Waals surface area contributed by atoms with E-state index in [0.717, 1.165) is 0 Å². The molecule has 0 saturated heterocycles. The smallest absolute Gasteiger partial charge is 0.408 e. The summed E-state index contributed by atoms with van der Waals surface area (Å²) in [6.45, 7) is 6.98. The Labute approximate surface area is 95.8 Å². The molecule has 1 N–H and O–H groups in total. The van der Waals surface area contributed by atoms with E-state index in [1.54, 1.807) is 33.8 Å². The molecule has 92 valence electrons. The van der Waals surface area contributed by atoms with Crippen molar-refractivity contribution in [1.82, 2.24) is 5.32 Å². The fourth-order valence-corrected chi connectivity index (χ4v) is 0.940. The Kier molecular flexibility index (Phi) is 5.56. The second-order valence-corrected chi connectivity index (χ2v) is 4.17. The highest BCUT2D eigenvalue weighted by Crippen LogP contribution is 2.07. The molecule has 0 fully saturated rings. The number of allylic oxidation sites excluding steroid dienone is 1. The average Bonchev–Trinajstić information content (AvgIpc) is 2.13. The van der Waals surface area contributed by atoms with Crippen molar-refractivity contribution in [1.29, 1.82) is 0 Å². The Bertz CT molecular complexity index is 278. The van der Waals surface area contributed by atoms with E-state index in [1.807, 2.05) is 0 Å². The Hall–Kier alpha value is -1.52. The monoisotopic (exact) mass is 229 g/mol. The first kappa shape index (κ1) is 14.5. The van der Waals surface area contributed by atoms with Gasteiger partial charge in [0.25, 0.3) is 0 Å². The van der Waals surface area contributed by atoms with Gasteiger partial charge in [0, 0.05) is 0 Å². The molecular weight excluding hydrogens is 210 g/mol. The first-order valence-electron chi connectivity index (χ1n) is 5.00.